The number of aromatic nitrogens is 1. The average molecular weight is 374 g/mol. The van der Waals surface area contributed by atoms with E-state index >= 15 is 0 Å². The molecule has 0 aliphatic heterocycles. The van der Waals surface area contributed by atoms with Crippen LogP contribution in [0, 0.1) is 11.3 Å². The first-order valence-corrected chi connectivity index (χ1v) is 8.35. The molecular weight excluding hydrogens is 360 g/mol. The standard InChI is InChI=1S/C20H14N4O2S/c21-11-14-9-15(13-22-12-14)19(25)24-20(27)23-16-5-4-8-18(10-16)26-17-6-2-1-3-7-17/h1-10,12-13H,(H2,23,24,25,27). The third-order valence-corrected chi connectivity index (χ3v) is 3.63. The van der Waals surface area contributed by atoms with E-state index in [1.807, 2.05) is 48.5 Å². The normalized spacial score (nSPS) is 9.74. The number of nitrogens with zero attached hydrogens (tertiary/aromatic N) is 2. The minimum absolute atomic E-state index is 0.124. The summed E-state index contributed by atoms with van der Waals surface area (Å²) < 4.78 is 5.77. The van der Waals surface area contributed by atoms with E-state index < -0.39 is 5.91 Å². The second-order valence-electron chi connectivity index (χ2n) is 5.43. The summed E-state index contributed by atoms with van der Waals surface area (Å²) in [6.07, 6.45) is 2.75. The fraction of sp³-hybridized carbons (Fsp3) is 0. The Morgan fingerprint density at radius 2 is 1.81 bits per heavy atom. The molecule has 0 unspecified atom stereocenters. The second kappa shape index (κ2) is 8.56. The summed E-state index contributed by atoms with van der Waals surface area (Å²) in [7, 11) is 0. The van der Waals surface area contributed by atoms with Gasteiger partial charge < -0.3 is 10.1 Å². The molecule has 27 heavy (non-hydrogen) atoms. The lowest BCUT2D eigenvalue weighted by molar-refractivity contribution is 0.0977. The number of carbonyl (C=O) groups is 1. The van der Waals surface area contributed by atoms with Crippen molar-refractivity contribution in [3.8, 4) is 17.6 Å². The molecule has 0 saturated heterocycles. The molecule has 132 valence electrons. The maximum absolute atomic E-state index is 12.2. The van der Waals surface area contributed by atoms with Crippen LogP contribution in [0.3, 0.4) is 0 Å². The van der Waals surface area contributed by atoms with Gasteiger partial charge in [0.15, 0.2) is 5.11 Å². The Morgan fingerprint density at radius 3 is 2.59 bits per heavy atom. The number of pyridine rings is 1. The van der Waals surface area contributed by atoms with Gasteiger partial charge in [-0.05, 0) is 42.5 Å². The number of ether oxygens (including phenoxy) is 1. The van der Waals surface area contributed by atoms with Crippen LogP contribution < -0.4 is 15.4 Å². The fourth-order valence-electron chi connectivity index (χ4n) is 2.22. The van der Waals surface area contributed by atoms with Crippen molar-refractivity contribution in [1.82, 2.24) is 10.3 Å². The first-order chi connectivity index (χ1) is 13.1. The minimum Gasteiger partial charge on any atom is -0.457 e. The Morgan fingerprint density at radius 1 is 1.04 bits per heavy atom. The van der Waals surface area contributed by atoms with Crippen molar-refractivity contribution in [3.63, 3.8) is 0 Å². The third kappa shape index (κ3) is 5.11. The highest BCUT2D eigenvalue weighted by Gasteiger charge is 2.09. The predicted octanol–water partition coefficient (Wildman–Crippen LogP) is 3.87. The van der Waals surface area contributed by atoms with Gasteiger partial charge in [-0.15, -0.1) is 0 Å². The van der Waals surface area contributed by atoms with E-state index in [1.54, 1.807) is 12.1 Å². The van der Waals surface area contributed by atoms with E-state index in [2.05, 4.69) is 15.6 Å². The van der Waals surface area contributed by atoms with Gasteiger partial charge in [0.05, 0.1) is 11.1 Å². The maximum atomic E-state index is 12.2. The molecule has 6 nitrogen and oxygen atoms in total. The molecule has 7 heteroatoms. The highest BCUT2D eigenvalue weighted by molar-refractivity contribution is 7.80. The number of benzene rings is 2. The quantitative estimate of drug-likeness (QED) is 0.674. The zero-order chi connectivity index (χ0) is 19.1. The van der Waals surface area contributed by atoms with Crippen LogP contribution in [0.1, 0.15) is 15.9 Å². The number of thiocarbonyl (C=S) groups is 1. The van der Waals surface area contributed by atoms with Crippen molar-refractivity contribution in [1.29, 1.82) is 5.26 Å². The van der Waals surface area contributed by atoms with Gasteiger partial charge in [-0.25, -0.2) is 0 Å². The number of nitriles is 1. The van der Waals surface area contributed by atoms with Crippen LogP contribution in [0.5, 0.6) is 11.5 Å². The molecule has 0 aliphatic rings. The first kappa shape index (κ1) is 18.0. The Hall–Kier alpha value is -3.76. The lowest BCUT2D eigenvalue weighted by atomic mass is 10.2. The molecular formula is C20H14N4O2S. The lowest BCUT2D eigenvalue weighted by Gasteiger charge is -2.11. The molecule has 0 saturated carbocycles. The van der Waals surface area contributed by atoms with Crippen molar-refractivity contribution in [2.75, 3.05) is 5.32 Å². The van der Waals surface area contributed by atoms with E-state index in [9.17, 15) is 4.79 Å². The van der Waals surface area contributed by atoms with Crippen LogP contribution in [0.4, 0.5) is 5.69 Å². The minimum atomic E-state index is -0.450. The topological polar surface area (TPSA) is 87.0 Å². The second-order valence-corrected chi connectivity index (χ2v) is 5.83. The highest BCUT2D eigenvalue weighted by Crippen LogP contribution is 2.23. The van der Waals surface area contributed by atoms with Gasteiger partial charge in [-0.1, -0.05) is 24.3 Å². The highest BCUT2D eigenvalue weighted by atomic mass is 32.1. The van der Waals surface area contributed by atoms with Crippen molar-refractivity contribution in [2.45, 2.75) is 0 Å². The van der Waals surface area contributed by atoms with E-state index in [0.717, 1.165) is 5.75 Å². The maximum Gasteiger partial charge on any atom is 0.259 e. The number of rotatable bonds is 4. The van der Waals surface area contributed by atoms with E-state index in [1.165, 1.54) is 18.5 Å². The summed E-state index contributed by atoms with van der Waals surface area (Å²) >= 11 is 5.18. The number of hydrogen-bond donors (Lipinski definition) is 2. The Labute approximate surface area is 161 Å². The summed E-state index contributed by atoms with van der Waals surface area (Å²) in [5.41, 5.74) is 1.21. The van der Waals surface area contributed by atoms with Crippen LogP contribution in [0.25, 0.3) is 0 Å². The van der Waals surface area contributed by atoms with Gasteiger partial charge in [0.2, 0.25) is 0 Å². The van der Waals surface area contributed by atoms with E-state index in [0.29, 0.717) is 17.0 Å². The summed E-state index contributed by atoms with van der Waals surface area (Å²) in [6, 6.07) is 20.0. The van der Waals surface area contributed by atoms with Gasteiger partial charge >= 0.3 is 0 Å². The van der Waals surface area contributed by atoms with Crippen LogP contribution in [-0.4, -0.2) is 16.0 Å². The first-order valence-electron chi connectivity index (χ1n) is 7.94. The molecule has 0 atom stereocenters. The summed E-state index contributed by atoms with van der Waals surface area (Å²) in [5.74, 6) is 0.899. The predicted molar refractivity (Wildman–Crippen MR) is 106 cm³/mol. The molecule has 1 aromatic heterocycles. The van der Waals surface area contributed by atoms with Gasteiger partial charge in [0, 0.05) is 24.1 Å². The number of anilines is 1. The number of para-hydroxylation sites is 1. The molecule has 0 radical (unpaired) electrons. The molecule has 0 bridgehead atoms. The van der Waals surface area contributed by atoms with Gasteiger partial charge in [-0.2, -0.15) is 5.26 Å². The van der Waals surface area contributed by atoms with Crippen molar-refractivity contribution < 1.29 is 9.53 Å². The lowest BCUT2D eigenvalue weighted by Crippen LogP contribution is -2.34. The SMILES string of the molecule is N#Cc1cncc(C(=O)NC(=S)Nc2cccc(Oc3ccccc3)c2)c1. The van der Waals surface area contributed by atoms with Crippen LogP contribution in [-0.2, 0) is 0 Å². The molecule has 1 amide bonds. The number of amides is 1. The third-order valence-electron chi connectivity index (χ3n) is 3.43. The average Bonchev–Trinajstić information content (AvgIpc) is 2.69. The largest absolute Gasteiger partial charge is 0.457 e. The smallest absolute Gasteiger partial charge is 0.259 e. The van der Waals surface area contributed by atoms with Crippen molar-refractivity contribution >= 4 is 28.9 Å². The molecule has 3 rings (SSSR count). The molecule has 0 spiro atoms. The number of hydrogen-bond acceptors (Lipinski definition) is 5. The molecule has 0 aliphatic carbocycles. The Balaban J connectivity index is 1.63. The van der Waals surface area contributed by atoms with Crippen LogP contribution in [0.15, 0.2) is 73.1 Å². The zero-order valence-corrected chi connectivity index (χ0v) is 14.9. The number of nitrogens with one attached hydrogen (secondary N) is 2. The Bertz CT molecular complexity index is 1020. The van der Waals surface area contributed by atoms with Crippen LogP contribution in [0.2, 0.25) is 0 Å². The summed E-state index contributed by atoms with van der Waals surface area (Å²) in [4.78, 5) is 16.1. The van der Waals surface area contributed by atoms with Crippen LogP contribution >= 0.6 is 12.2 Å². The van der Waals surface area contributed by atoms with Crippen molar-refractivity contribution in [2.24, 2.45) is 0 Å². The zero-order valence-electron chi connectivity index (χ0n) is 14.0. The van der Waals surface area contributed by atoms with Crippen molar-refractivity contribution in [3.05, 3.63) is 84.2 Å². The summed E-state index contributed by atoms with van der Waals surface area (Å²) in [6.45, 7) is 0. The summed E-state index contributed by atoms with van der Waals surface area (Å²) in [5, 5.41) is 14.5. The van der Waals surface area contributed by atoms with E-state index in [4.69, 9.17) is 22.2 Å². The number of carbonyl (C=O) groups excluding carboxylic acids is 1. The van der Waals surface area contributed by atoms with Gasteiger partial charge in [0.25, 0.3) is 5.91 Å². The fourth-order valence-corrected chi connectivity index (χ4v) is 2.44. The van der Waals surface area contributed by atoms with E-state index in [-0.39, 0.29) is 10.7 Å². The molecule has 2 aromatic carbocycles. The Kier molecular flexibility index (Phi) is 5.72. The molecule has 0 fully saturated rings. The van der Waals surface area contributed by atoms with Gasteiger partial charge in [-0.3, -0.25) is 15.1 Å². The molecule has 1 heterocycles. The molecule has 2 N–H and O–H groups in total. The molecule has 3 aromatic rings. The van der Waals surface area contributed by atoms with Gasteiger partial charge in [0.1, 0.15) is 17.6 Å². The monoisotopic (exact) mass is 374 g/mol.